The van der Waals surface area contributed by atoms with Gasteiger partial charge in [-0.3, -0.25) is 4.79 Å². The van der Waals surface area contributed by atoms with Crippen molar-refractivity contribution in [3.8, 4) is 0 Å². The second-order valence-electron chi connectivity index (χ2n) is 5.81. The molecule has 0 saturated carbocycles. The van der Waals surface area contributed by atoms with Crippen molar-refractivity contribution in [3.05, 3.63) is 53.2 Å². The molecule has 5 nitrogen and oxygen atoms in total. The molecule has 0 fully saturated rings. The van der Waals surface area contributed by atoms with Gasteiger partial charge < -0.3 is 14.0 Å². The summed E-state index contributed by atoms with van der Waals surface area (Å²) in [5, 5.41) is 0. The number of allylic oxidation sites excluding steroid dienone is 1. The van der Waals surface area contributed by atoms with Gasteiger partial charge in [0.15, 0.2) is 4.80 Å². The Morgan fingerprint density at radius 2 is 2.32 bits per heavy atom. The number of unbranched alkanes of at least 4 members (excludes halogenated alkanes) is 1. The third kappa shape index (κ3) is 4.02. The lowest BCUT2D eigenvalue weighted by molar-refractivity contribution is -0.119. The maximum atomic E-state index is 12.3. The average molecular weight is 358 g/mol. The van der Waals surface area contributed by atoms with Gasteiger partial charge in [-0.15, -0.1) is 6.58 Å². The van der Waals surface area contributed by atoms with Gasteiger partial charge in [-0.1, -0.05) is 36.8 Å². The monoisotopic (exact) mass is 358 g/mol. The number of aryl methyl sites for hydroxylation is 1. The quantitative estimate of drug-likeness (QED) is 0.742. The van der Waals surface area contributed by atoms with Crippen LogP contribution in [0.1, 0.15) is 25.3 Å². The predicted molar refractivity (Wildman–Crippen MR) is 99.2 cm³/mol. The summed E-state index contributed by atoms with van der Waals surface area (Å²) in [6, 6.07) is 6.44. The molecule has 1 aromatic carbocycles. The number of carbonyl (C=O) groups is 1. The molecule has 1 aliphatic heterocycles. The maximum Gasteiger partial charge on any atom is 0.317 e. The van der Waals surface area contributed by atoms with Crippen LogP contribution in [0, 0.1) is 0 Å². The van der Waals surface area contributed by atoms with E-state index in [2.05, 4.69) is 36.7 Å². The Hall–Kier alpha value is -2.34. The molecule has 1 aliphatic rings. The van der Waals surface area contributed by atoms with Crippen LogP contribution in [-0.2, 0) is 27.2 Å². The fourth-order valence-corrected chi connectivity index (χ4v) is 3.77. The van der Waals surface area contributed by atoms with Crippen LogP contribution in [0.4, 0.5) is 0 Å². The van der Waals surface area contributed by atoms with Crippen LogP contribution < -0.4 is 4.80 Å². The van der Waals surface area contributed by atoms with Gasteiger partial charge >= 0.3 is 5.91 Å². The average Bonchev–Trinajstić information content (AvgIpc) is 2.97. The lowest BCUT2D eigenvalue weighted by atomic mass is 10.1. The molecule has 1 amide bonds. The van der Waals surface area contributed by atoms with Crippen molar-refractivity contribution in [3.63, 3.8) is 0 Å². The number of ether oxygens (including phenoxy) is 2. The Bertz CT molecular complexity index is 876. The third-order valence-corrected chi connectivity index (χ3v) is 4.98. The van der Waals surface area contributed by atoms with Crippen molar-refractivity contribution in [2.45, 2.75) is 32.7 Å². The molecule has 2 heterocycles. The second-order valence-corrected chi connectivity index (χ2v) is 6.82. The molecule has 1 aromatic heterocycles. The molecule has 0 aliphatic carbocycles. The summed E-state index contributed by atoms with van der Waals surface area (Å²) in [6.07, 6.45) is 6.55. The molecule has 0 unspecified atom stereocenters. The highest BCUT2D eigenvalue weighted by Crippen LogP contribution is 2.21. The van der Waals surface area contributed by atoms with Gasteiger partial charge in [0.2, 0.25) is 5.76 Å². The van der Waals surface area contributed by atoms with Crippen molar-refractivity contribution >= 4 is 27.5 Å². The molecule has 0 bridgehead atoms. The number of benzene rings is 1. The van der Waals surface area contributed by atoms with Gasteiger partial charge in [0.25, 0.3) is 0 Å². The van der Waals surface area contributed by atoms with Gasteiger partial charge in [-0.05, 0) is 30.5 Å². The van der Waals surface area contributed by atoms with Crippen LogP contribution in [0.5, 0.6) is 0 Å². The van der Waals surface area contributed by atoms with Crippen LogP contribution >= 0.6 is 11.3 Å². The smallest absolute Gasteiger partial charge is 0.317 e. The first kappa shape index (κ1) is 17.5. The van der Waals surface area contributed by atoms with Crippen LogP contribution in [0.3, 0.4) is 0 Å². The Kier molecular flexibility index (Phi) is 5.71. The van der Waals surface area contributed by atoms with Crippen LogP contribution in [0.2, 0.25) is 0 Å². The zero-order valence-electron chi connectivity index (χ0n) is 14.4. The van der Waals surface area contributed by atoms with E-state index < -0.39 is 5.91 Å². The van der Waals surface area contributed by atoms with E-state index in [0.29, 0.717) is 24.6 Å². The molecule has 0 N–H and O–H groups in total. The predicted octanol–water partition coefficient (Wildman–Crippen LogP) is 3.55. The van der Waals surface area contributed by atoms with Gasteiger partial charge in [-0.25, -0.2) is 0 Å². The minimum absolute atomic E-state index is 0.150. The number of hydrogen-bond donors (Lipinski definition) is 0. The first-order valence-electron chi connectivity index (χ1n) is 8.49. The van der Waals surface area contributed by atoms with Crippen molar-refractivity contribution in [2.24, 2.45) is 4.99 Å². The van der Waals surface area contributed by atoms with E-state index in [1.54, 1.807) is 6.08 Å². The SMILES string of the molecule is C=CCn1c(=NC(=O)C2=COCCO2)sc2cc(CCCC)ccc21. The number of nitrogens with zero attached hydrogens (tertiary/aromatic N) is 2. The Morgan fingerprint density at radius 3 is 3.04 bits per heavy atom. The van der Waals surface area contributed by atoms with Crippen LogP contribution in [-0.4, -0.2) is 23.7 Å². The van der Waals surface area contributed by atoms with E-state index >= 15 is 0 Å². The van der Waals surface area contributed by atoms with Crippen molar-refractivity contribution < 1.29 is 14.3 Å². The van der Waals surface area contributed by atoms with Crippen molar-refractivity contribution in [2.75, 3.05) is 13.2 Å². The van der Waals surface area contributed by atoms with Crippen LogP contribution in [0.25, 0.3) is 10.2 Å². The minimum atomic E-state index is -0.421. The molecular formula is C19H22N2O3S. The fourth-order valence-electron chi connectivity index (χ4n) is 2.67. The summed E-state index contributed by atoms with van der Waals surface area (Å²) in [5.74, 6) is -0.271. The first-order valence-corrected chi connectivity index (χ1v) is 9.31. The topological polar surface area (TPSA) is 52.8 Å². The van der Waals surface area contributed by atoms with Crippen molar-refractivity contribution in [1.29, 1.82) is 0 Å². The number of rotatable bonds is 6. The highest BCUT2D eigenvalue weighted by molar-refractivity contribution is 7.16. The zero-order chi connectivity index (χ0) is 17.6. The largest absolute Gasteiger partial charge is 0.494 e. The number of aromatic nitrogens is 1. The van der Waals surface area contributed by atoms with E-state index in [1.165, 1.54) is 36.0 Å². The zero-order valence-corrected chi connectivity index (χ0v) is 15.2. The van der Waals surface area contributed by atoms with Gasteiger partial charge in [-0.2, -0.15) is 4.99 Å². The number of fused-ring (bicyclic) bond motifs is 1. The van der Waals surface area contributed by atoms with E-state index in [9.17, 15) is 4.79 Å². The maximum absolute atomic E-state index is 12.3. The number of thiazole rings is 1. The molecule has 0 spiro atoms. The minimum Gasteiger partial charge on any atom is -0.494 e. The molecular weight excluding hydrogens is 336 g/mol. The Morgan fingerprint density at radius 1 is 1.44 bits per heavy atom. The highest BCUT2D eigenvalue weighted by Gasteiger charge is 2.15. The molecule has 0 atom stereocenters. The molecule has 25 heavy (non-hydrogen) atoms. The summed E-state index contributed by atoms with van der Waals surface area (Å²) in [5.41, 5.74) is 2.37. The van der Waals surface area contributed by atoms with E-state index in [0.717, 1.165) is 16.6 Å². The summed E-state index contributed by atoms with van der Waals surface area (Å²) in [4.78, 5) is 17.2. The third-order valence-electron chi connectivity index (χ3n) is 3.93. The van der Waals surface area contributed by atoms with Crippen LogP contribution in [0.15, 0.2) is 47.9 Å². The standard InChI is InChI=1S/C19H22N2O3S/c1-3-5-6-14-7-8-15-17(12-14)25-19(21(15)9-4-2)20-18(22)16-13-23-10-11-24-16/h4,7-8,12-13H,2-3,5-6,9-11H2,1H3. The van der Waals surface area contributed by atoms with Gasteiger partial charge in [0, 0.05) is 6.54 Å². The van der Waals surface area contributed by atoms with E-state index in [4.69, 9.17) is 9.47 Å². The number of hydrogen-bond acceptors (Lipinski definition) is 4. The Labute approximate surface area is 150 Å². The summed E-state index contributed by atoms with van der Waals surface area (Å²) >= 11 is 1.51. The van der Waals surface area contributed by atoms with Gasteiger partial charge in [0.1, 0.15) is 19.5 Å². The molecule has 0 radical (unpaired) electrons. The normalized spacial score (nSPS) is 14.8. The van der Waals surface area contributed by atoms with E-state index in [1.807, 2.05) is 4.57 Å². The first-order chi connectivity index (χ1) is 12.2. The van der Waals surface area contributed by atoms with Gasteiger partial charge in [0.05, 0.1) is 10.2 Å². The molecule has 3 rings (SSSR count). The number of carbonyl (C=O) groups excluding carboxylic acids is 1. The second kappa shape index (κ2) is 8.16. The van der Waals surface area contributed by atoms with Crippen molar-refractivity contribution in [1.82, 2.24) is 4.57 Å². The summed E-state index contributed by atoms with van der Waals surface area (Å²) in [7, 11) is 0. The number of amides is 1. The fraction of sp³-hybridized carbons (Fsp3) is 0.368. The molecule has 2 aromatic rings. The lowest BCUT2D eigenvalue weighted by Gasteiger charge is -2.12. The molecule has 0 saturated heterocycles. The lowest BCUT2D eigenvalue weighted by Crippen LogP contribution is -2.19. The summed E-state index contributed by atoms with van der Waals surface area (Å²) in [6.45, 7) is 7.42. The molecule has 132 valence electrons. The molecule has 6 heteroatoms. The highest BCUT2D eigenvalue weighted by atomic mass is 32.1. The van der Waals surface area contributed by atoms with E-state index in [-0.39, 0.29) is 5.76 Å². The Balaban J connectivity index is 2.01. The summed E-state index contributed by atoms with van der Waals surface area (Å²) < 4.78 is 13.6.